The van der Waals surface area contributed by atoms with Crippen molar-refractivity contribution in [1.82, 2.24) is 72.4 Å². The standard InChI is InChI=1S/C68H110N22O27S2/c1-25-42(87-57(89-55(25)74)31(16-38(72)95)81-18-30(71)56(75)105)59(107)88-44(52(32-19-78-24-82-32)114-67-54(48(101)45(98)36(20-91)113-67)115-66-50(103)53(116-68(76)110)46(99)37(21-92)112-66)61(109)83-26(2)35(94)17-40(97)86-43(27(3)93)60(108)90-62(117-65-49(102)47(100)41(73)28(4)111-65)51(104)64-85-34(23-119-64)63-84-33(22-118-63)58(106)80-13-7-9-29(70)15-39(96)79-14-8-12-77-11-6-5-10-69/h19,22-24,26-31,35-37,41,43-54,62,65-67,77,81,91-94,98-104H,5-18,20-21,69-71,73H2,1-4H3,(H2,72,95)(H2,75,105)(H2,76,110)(H,78,82)(H,79,96)(H,80,106)(H,83,109)(H,86,97)(H,88,107)(H,90,108)(H2,74,87,89)/t26-,27-,28+,29-,30-,31+,35-,36-,37+,41-,43-,44-,45+,46+,47-,48+,49+,50+,51-,52-,53+,54+,62+,65-,66-,67+/m0/s1. The van der Waals surface area contributed by atoms with E-state index in [1.54, 1.807) is 0 Å². The van der Waals surface area contributed by atoms with Crippen LogP contribution in [0.2, 0.25) is 0 Å². The van der Waals surface area contributed by atoms with Crippen LogP contribution >= 0.6 is 22.7 Å². The normalized spacial score (nSPS) is 26.0. The molecule has 49 nitrogen and oxygen atoms in total. The lowest BCUT2D eigenvalue weighted by Crippen LogP contribution is -2.65. The fourth-order valence-electron chi connectivity index (χ4n) is 12.4. The average molecular weight is 1730 g/mol. The van der Waals surface area contributed by atoms with Crippen LogP contribution in [0.3, 0.4) is 0 Å². The zero-order valence-corrected chi connectivity index (χ0v) is 66.9. The number of anilines is 1. The van der Waals surface area contributed by atoms with E-state index in [0.29, 0.717) is 25.9 Å². The van der Waals surface area contributed by atoms with Gasteiger partial charge < -0.3 is 183 Å². The van der Waals surface area contributed by atoms with Gasteiger partial charge in [0.15, 0.2) is 37.3 Å². The summed E-state index contributed by atoms with van der Waals surface area (Å²) in [4.78, 5) is 145. The first-order valence-corrected chi connectivity index (χ1v) is 39.7. The number of rotatable bonds is 47. The number of aliphatic hydroxyl groups excluding tert-OH is 11. The molecule has 0 bridgehead atoms. The molecule has 7 heterocycles. The number of carbonyl (C=O) groups is 9. The number of amides is 9. The van der Waals surface area contributed by atoms with Gasteiger partial charge in [-0.25, -0.2) is 29.7 Å². The summed E-state index contributed by atoms with van der Waals surface area (Å²) in [7, 11) is 0. The summed E-state index contributed by atoms with van der Waals surface area (Å²) in [5.74, 6) is -8.64. The highest BCUT2D eigenvalue weighted by Gasteiger charge is 2.54. The number of nitrogen functional groups attached to an aromatic ring is 1. The quantitative estimate of drug-likeness (QED) is 0.0144. The molecule has 3 aliphatic rings. The lowest BCUT2D eigenvalue weighted by molar-refractivity contribution is -0.372. The maximum absolute atomic E-state index is 15.3. The zero-order valence-electron chi connectivity index (χ0n) is 65.3. The summed E-state index contributed by atoms with van der Waals surface area (Å²) in [5, 5.41) is 147. The summed E-state index contributed by atoms with van der Waals surface area (Å²) < 4.78 is 40.5. The lowest BCUT2D eigenvalue weighted by atomic mass is 9.97. The first-order chi connectivity index (χ1) is 56.4. The fraction of sp³-hybridized carbons (Fsp3) is 0.676. The van der Waals surface area contributed by atoms with Gasteiger partial charge in [0.1, 0.15) is 112 Å². The molecule has 4 aromatic heterocycles. The Morgan fingerprint density at radius 2 is 1.36 bits per heavy atom. The number of thiazole rings is 2. The topological polar surface area (TPSA) is 825 Å². The van der Waals surface area contributed by atoms with Gasteiger partial charge in [-0.3, -0.25) is 38.4 Å². The number of imidazole rings is 1. The van der Waals surface area contributed by atoms with E-state index in [4.69, 9.17) is 79.0 Å². The Bertz CT molecular complexity index is 3960. The maximum Gasteiger partial charge on any atom is 0.404 e. The highest BCUT2D eigenvalue weighted by atomic mass is 32.1. The van der Waals surface area contributed by atoms with Gasteiger partial charge in [0.05, 0.1) is 80.3 Å². The number of carbonyl (C=O) groups excluding carboxylic acids is 9. The number of aromatic nitrogens is 6. The van der Waals surface area contributed by atoms with Gasteiger partial charge in [0.2, 0.25) is 35.4 Å². The van der Waals surface area contributed by atoms with Crippen molar-refractivity contribution in [3.05, 3.63) is 56.8 Å². The van der Waals surface area contributed by atoms with Crippen LogP contribution in [0.1, 0.15) is 133 Å². The maximum atomic E-state index is 15.3. The molecule has 9 amide bonds. The molecule has 26 atom stereocenters. The highest BCUT2D eigenvalue weighted by molar-refractivity contribution is 7.14. The molecule has 0 aliphatic carbocycles. The van der Waals surface area contributed by atoms with Gasteiger partial charge in [0.25, 0.3) is 11.8 Å². The van der Waals surface area contributed by atoms with Gasteiger partial charge >= 0.3 is 6.09 Å². The number of nitrogens with zero attached hydrogens (tertiary/aromatic N) is 5. The third-order valence-corrected chi connectivity index (χ3v) is 21.1. The molecular weight excluding hydrogens is 1620 g/mol. The number of ether oxygens (including phenoxy) is 7. The second-order valence-corrected chi connectivity index (χ2v) is 30.3. The molecule has 51 heteroatoms. The molecule has 3 aliphatic heterocycles. The number of unbranched alkanes of at least 4 members (excludes halogenated alkanes) is 1. The minimum atomic E-state index is -2.27. The van der Waals surface area contributed by atoms with Crippen LogP contribution in [-0.2, 0) is 61.9 Å². The minimum Gasteiger partial charge on any atom is -0.441 e. The summed E-state index contributed by atoms with van der Waals surface area (Å²) in [6.07, 6.45) is -34.5. The molecule has 0 aromatic carbocycles. The molecule has 0 spiro atoms. The van der Waals surface area contributed by atoms with Crippen LogP contribution in [0.15, 0.2) is 23.3 Å². The van der Waals surface area contributed by atoms with Crippen LogP contribution in [0.5, 0.6) is 0 Å². The fourth-order valence-corrected chi connectivity index (χ4v) is 14.0. The molecule has 3 saturated heterocycles. The van der Waals surface area contributed by atoms with Crippen LogP contribution < -0.4 is 88.4 Å². The molecule has 3 fully saturated rings. The van der Waals surface area contributed by atoms with E-state index in [-0.39, 0.29) is 51.5 Å². The number of aromatic amines is 1. The molecule has 36 N–H and O–H groups in total. The van der Waals surface area contributed by atoms with Crippen LogP contribution in [0, 0.1) is 6.92 Å². The number of hydrogen-bond acceptors (Lipinski definition) is 41. The number of primary amides is 3. The Morgan fingerprint density at radius 1 is 0.681 bits per heavy atom. The van der Waals surface area contributed by atoms with E-state index in [0.717, 1.165) is 81.4 Å². The number of aliphatic hydroxyl groups is 11. The molecule has 0 radical (unpaired) electrons. The van der Waals surface area contributed by atoms with Crippen molar-refractivity contribution in [1.29, 1.82) is 0 Å². The highest BCUT2D eigenvalue weighted by Crippen LogP contribution is 2.36. The number of hydrogen-bond donors (Lipinski definition) is 28. The second-order valence-electron chi connectivity index (χ2n) is 28.6. The van der Waals surface area contributed by atoms with E-state index < -0.39 is 256 Å². The van der Waals surface area contributed by atoms with E-state index in [2.05, 4.69) is 72.4 Å². The van der Waals surface area contributed by atoms with Crippen LogP contribution in [0.4, 0.5) is 10.6 Å². The number of H-pyrrole nitrogens is 1. The molecule has 4 aromatic rings. The van der Waals surface area contributed by atoms with Crippen molar-refractivity contribution in [2.75, 3.05) is 58.2 Å². The molecule has 7 rings (SSSR count). The molecule has 119 heavy (non-hydrogen) atoms. The second kappa shape index (κ2) is 46.5. The zero-order chi connectivity index (χ0) is 87.8. The summed E-state index contributed by atoms with van der Waals surface area (Å²) >= 11 is 1.84. The van der Waals surface area contributed by atoms with Crippen molar-refractivity contribution < 1.29 is 132 Å². The smallest absolute Gasteiger partial charge is 0.404 e. The van der Waals surface area contributed by atoms with Gasteiger partial charge in [-0.05, 0) is 79.4 Å². The Kier molecular flexibility index (Phi) is 38.1. The minimum absolute atomic E-state index is 0.00960. The van der Waals surface area contributed by atoms with E-state index >= 15 is 9.59 Å². The van der Waals surface area contributed by atoms with E-state index in [1.807, 2.05) is 0 Å². The SMILES string of the molecule is Cc1c(N)nc([C@@H](CC(N)=O)NC[C@H](N)C(N)=O)nc1C(=O)N[C@H](C(=O)N[C@@H](C)[C@@H](O)CC(=O)N[C@H](C(=O)N[C@H](O[C@@H]1O[C@H](C)[C@H](N)[C@H](O)[C@H]1O)[C@H](O)c1nc(-c2nc(C(=O)NCCC[C@H](N)CC(=O)NCCCNCCCCN)cs2)cs1)[C@H](C)O)[C@@H](O[C@H]1O[C@@H](CO)[C@@H](O)[C@@H](O)[C@H]1O[C@@H]1O[C@H](CO)[C@@H](O)[C@@H](OC(N)=O)[C@H]1O)c1cnc[nH]1. The van der Waals surface area contributed by atoms with Gasteiger partial charge in [0, 0.05) is 54.8 Å². The lowest BCUT2D eigenvalue weighted by Gasteiger charge is -2.47. The third kappa shape index (κ3) is 27.5. The summed E-state index contributed by atoms with van der Waals surface area (Å²) in [5.41, 5.74) is 45.1. The average Bonchev–Trinajstić information content (AvgIpc) is 1.21. The van der Waals surface area contributed by atoms with Crippen molar-refractivity contribution in [3.63, 3.8) is 0 Å². The van der Waals surface area contributed by atoms with Crippen LogP contribution in [0.25, 0.3) is 10.7 Å². The Hall–Kier alpha value is -8.54. The van der Waals surface area contributed by atoms with Crippen molar-refractivity contribution in [2.45, 2.75) is 238 Å². The Labute approximate surface area is 687 Å². The first kappa shape index (κ1) is 97.6. The van der Waals surface area contributed by atoms with E-state index in [1.165, 1.54) is 24.6 Å². The van der Waals surface area contributed by atoms with Gasteiger partial charge in [-0.2, -0.15) is 0 Å². The van der Waals surface area contributed by atoms with E-state index in [9.17, 15) is 89.7 Å². The molecule has 0 saturated carbocycles. The van der Waals surface area contributed by atoms with Crippen LogP contribution in [-0.4, -0.2) is 333 Å². The predicted molar refractivity (Wildman–Crippen MR) is 412 cm³/mol. The van der Waals surface area contributed by atoms with Crippen molar-refractivity contribution in [3.8, 4) is 10.7 Å². The Morgan fingerprint density at radius 3 is 2.02 bits per heavy atom. The van der Waals surface area contributed by atoms with Gasteiger partial charge in [-0.15, -0.1) is 22.7 Å². The first-order valence-electron chi connectivity index (χ1n) is 37.9. The largest absolute Gasteiger partial charge is 0.441 e. The Balaban J connectivity index is 1.11. The summed E-state index contributed by atoms with van der Waals surface area (Å²) in [6.45, 7) is 5.33. The van der Waals surface area contributed by atoms with Crippen molar-refractivity contribution in [2.24, 2.45) is 40.1 Å². The summed E-state index contributed by atoms with van der Waals surface area (Å²) in [6, 6.07) is -10.2. The number of nitrogens with one attached hydrogen (secondary N) is 9. The molecule has 0 unspecified atom stereocenters. The molecular formula is C68H110N22O27S2. The predicted octanol–water partition coefficient (Wildman–Crippen LogP) is -11.3. The van der Waals surface area contributed by atoms with Crippen molar-refractivity contribution >= 4 is 81.8 Å². The monoisotopic (exact) mass is 1730 g/mol. The van der Waals surface area contributed by atoms with Gasteiger partial charge in [-0.1, -0.05) is 0 Å². The number of nitrogens with two attached hydrogens (primary N) is 8. The molecule has 666 valence electrons. The third-order valence-electron chi connectivity index (χ3n) is 19.3.